The Morgan fingerprint density at radius 3 is 2.09 bits per heavy atom. The highest BCUT2D eigenvalue weighted by molar-refractivity contribution is 4.68. The van der Waals surface area contributed by atoms with Gasteiger partial charge in [-0.3, -0.25) is 0 Å². The summed E-state index contributed by atoms with van der Waals surface area (Å²) in [7, 11) is 0. The van der Waals surface area contributed by atoms with Crippen LogP contribution in [0.1, 0.15) is 27.2 Å². The molecule has 0 radical (unpaired) electrons. The van der Waals surface area contributed by atoms with Gasteiger partial charge in [0.05, 0.1) is 6.54 Å². The smallest absolute Gasteiger partial charge is 0.250 e. The highest BCUT2D eigenvalue weighted by Crippen LogP contribution is 2.05. The minimum Gasteiger partial charge on any atom is -0.308 e. The Morgan fingerprint density at radius 1 is 1.27 bits per heavy atom. The summed E-state index contributed by atoms with van der Waals surface area (Å²) in [5, 5.41) is 2.82. The van der Waals surface area contributed by atoms with E-state index in [2.05, 4.69) is 5.32 Å². The monoisotopic (exact) mass is 165 g/mol. The maximum Gasteiger partial charge on any atom is 0.250 e. The van der Waals surface area contributed by atoms with Crippen LogP contribution in [0.25, 0.3) is 0 Å². The molecular formula is C8H17F2N. The predicted molar refractivity (Wildman–Crippen MR) is 42.9 cm³/mol. The molecule has 0 saturated heterocycles. The molecule has 0 aromatic carbocycles. The van der Waals surface area contributed by atoms with Gasteiger partial charge in [-0.05, 0) is 12.3 Å². The highest BCUT2D eigenvalue weighted by Gasteiger charge is 2.11. The number of alkyl halides is 2. The van der Waals surface area contributed by atoms with Gasteiger partial charge < -0.3 is 5.32 Å². The van der Waals surface area contributed by atoms with Crippen molar-refractivity contribution >= 4 is 0 Å². The second kappa shape index (κ2) is 5.47. The summed E-state index contributed by atoms with van der Waals surface area (Å²) in [6, 6.07) is 0.226. The Morgan fingerprint density at radius 2 is 1.82 bits per heavy atom. The Bertz CT molecular complexity index is 94.1. The molecule has 0 aromatic rings. The van der Waals surface area contributed by atoms with Crippen molar-refractivity contribution in [3.05, 3.63) is 0 Å². The quantitative estimate of drug-likeness (QED) is 0.659. The minimum atomic E-state index is -2.23. The summed E-state index contributed by atoms with van der Waals surface area (Å²) in [4.78, 5) is 0. The van der Waals surface area contributed by atoms with Crippen molar-refractivity contribution in [1.29, 1.82) is 0 Å². The lowest BCUT2D eigenvalue weighted by Crippen LogP contribution is -2.36. The van der Waals surface area contributed by atoms with Gasteiger partial charge in [0.1, 0.15) is 0 Å². The molecule has 0 rings (SSSR count). The van der Waals surface area contributed by atoms with Crippen LogP contribution >= 0.6 is 0 Å². The van der Waals surface area contributed by atoms with Crippen LogP contribution in [-0.4, -0.2) is 19.0 Å². The van der Waals surface area contributed by atoms with Crippen molar-refractivity contribution in [2.24, 2.45) is 5.92 Å². The SMILES string of the molecule is CCC(NCC(F)F)C(C)C. The Labute approximate surface area is 67.2 Å². The summed E-state index contributed by atoms with van der Waals surface area (Å²) in [6.07, 6.45) is -1.33. The summed E-state index contributed by atoms with van der Waals surface area (Å²) in [6.45, 7) is 5.89. The molecule has 0 bridgehead atoms. The average Bonchev–Trinajstić information content (AvgIpc) is 1.87. The molecule has 0 aliphatic rings. The molecule has 1 atom stereocenters. The van der Waals surface area contributed by atoms with Crippen LogP contribution in [0.4, 0.5) is 8.78 Å². The third-order valence-electron chi connectivity index (χ3n) is 1.78. The number of hydrogen-bond acceptors (Lipinski definition) is 1. The van der Waals surface area contributed by atoms with Gasteiger partial charge in [-0.25, -0.2) is 8.78 Å². The zero-order chi connectivity index (χ0) is 8.85. The third kappa shape index (κ3) is 5.13. The standard InChI is InChI=1S/C8H17F2N/c1-4-7(6(2)3)11-5-8(9)10/h6-8,11H,4-5H2,1-3H3. The Hall–Kier alpha value is -0.180. The molecule has 1 unspecified atom stereocenters. The molecule has 3 heteroatoms. The van der Waals surface area contributed by atoms with Gasteiger partial charge >= 0.3 is 0 Å². The average molecular weight is 165 g/mol. The van der Waals surface area contributed by atoms with E-state index in [9.17, 15) is 8.78 Å². The molecule has 0 spiro atoms. The Balaban J connectivity index is 3.52. The van der Waals surface area contributed by atoms with Crippen molar-refractivity contribution in [3.8, 4) is 0 Å². The van der Waals surface area contributed by atoms with E-state index in [0.29, 0.717) is 5.92 Å². The van der Waals surface area contributed by atoms with Crippen LogP contribution in [0.15, 0.2) is 0 Å². The van der Waals surface area contributed by atoms with E-state index in [1.54, 1.807) is 0 Å². The van der Waals surface area contributed by atoms with Crippen LogP contribution in [-0.2, 0) is 0 Å². The molecule has 1 nitrogen and oxygen atoms in total. The van der Waals surface area contributed by atoms with Gasteiger partial charge in [0.25, 0.3) is 6.43 Å². The van der Waals surface area contributed by atoms with E-state index >= 15 is 0 Å². The van der Waals surface area contributed by atoms with Gasteiger partial charge in [0.2, 0.25) is 0 Å². The van der Waals surface area contributed by atoms with E-state index in [0.717, 1.165) is 6.42 Å². The molecule has 0 heterocycles. The number of rotatable bonds is 5. The van der Waals surface area contributed by atoms with E-state index in [-0.39, 0.29) is 12.6 Å². The molecule has 68 valence electrons. The normalized spacial score (nSPS) is 14.5. The van der Waals surface area contributed by atoms with E-state index in [4.69, 9.17) is 0 Å². The van der Waals surface area contributed by atoms with E-state index in [1.807, 2.05) is 20.8 Å². The van der Waals surface area contributed by atoms with Crippen LogP contribution in [0.2, 0.25) is 0 Å². The van der Waals surface area contributed by atoms with Gasteiger partial charge in [0, 0.05) is 6.04 Å². The van der Waals surface area contributed by atoms with Crippen molar-refractivity contribution < 1.29 is 8.78 Å². The van der Waals surface area contributed by atoms with Crippen LogP contribution in [0.5, 0.6) is 0 Å². The first kappa shape index (κ1) is 10.8. The lowest BCUT2D eigenvalue weighted by Gasteiger charge is -2.20. The van der Waals surface area contributed by atoms with Crippen LogP contribution in [0.3, 0.4) is 0 Å². The second-order valence-corrected chi connectivity index (χ2v) is 3.06. The summed E-state index contributed by atoms with van der Waals surface area (Å²) >= 11 is 0. The molecule has 0 saturated carbocycles. The number of hydrogen-bond donors (Lipinski definition) is 1. The number of nitrogens with one attached hydrogen (secondary N) is 1. The van der Waals surface area contributed by atoms with E-state index in [1.165, 1.54) is 0 Å². The molecule has 11 heavy (non-hydrogen) atoms. The largest absolute Gasteiger partial charge is 0.308 e. The predicted octanol–water partition coefficient (Wildman–Crippen LogP) is 2.28. The first-order valence-electron chi connectivity index (χ1n) is 4.09. The summed E-state index contributed by atoms with van der Waals surface area (Å²) in [5.74, 6) is 0.429. The van der Waals surface area contributed by atoms with Crippen molar-refractivity contribution in [2.45, 2.75) is 39.7 Å². The van der Waals surface area contributed by atoms with Crippen LogP contribution in [0, 0.1) is 5.92 Å². The zero-order valence-corrected chi connectivity index (χ0v) is 7.40. The van der Waals surface area contributed by atoms with Gasteiger partial charge in [0.15, 0.2) is 0 Å². The maximum atomic E-state index is 11.7. The Kier molecular flexibility index (Phi) is 5.38. The third-order valence-corrected chi connectivity index (χ3v) is 1.78. The van der Waals surface area contributed by atoms with E-state index < -0.39 is 6.43 Å². The fourth-order valence-corrected chi connectivity index (χ4v) is 1.09. The highest BCUT2D eigenvalue weighted by atomic mass is 19.3. The lowest BCUT2D eigenvalue weighted by atomic mass is 10.0. The van der Waals surface area contributed by atoms with Crippen molar-refractivity contribution in [2.75, 3.05) is 6.54 Å². The topological polar surface area (TPSA) is 12.0 Å². The van der Waals surface area contributed by atoms with Gasteiger partial charge in [-0.15, -0.1) is 0 Å². The first-order chi connectivity index (χ1) is 5.07. The lowest BCUT2D eigenvalue weighted by molar-refractivity contribution is 0.137. The molecule has 0 aliphatic heterocycles. The number of halogens is 2. The minimum absolute atomic E-state index is 0.184. The molecule has 1 N–H and O–H groups in total. The molecule has 0 fully saturated rings. The van der Waals surface area contributed by atoms with Gasteiger partial charge in [-0.2, -0.15) is 0 Å². The first-order valence-corrected chi connectivity index (χ1v) is 4.09. The molecular weight excluding hydrogens is 148 g/mol. The zero-order valence-electron chi connectivity index (χ0n) is 7.40. The summed E-state index contributed by atoms with van der Waals surface area (Å²) in [5.41, 5.74) is 0. The van der Waals surface area contributed by atoms with Crippen molar-refractivity contribution in [3.63, 3.8) is 0 Å². The maximum absolute atomic E-state index is 11.7. The molecule has 0 aromatic heterocycles. The summed E-state index contributed by atoms with van der Waals surface area (Å²) < 4.78 is 23.5. The van der Waals surface area contributed by atoms with Crippen LogP contribution < -0.4 is 5.32 Å². The second-order valence-electron chi connectivity index (χ2n) is 3.06. The fraction of sp³-hybridized carbons (Fsp3) is 1.00. The van der Waals surface area contributed by atoms with Crippen molar-refractivity contribution in [1.82, 2.24) is 5.32 Å². The fourth-order valence-electron chi connectivity index (χ4n) is 1.09. The molecule has 0 aliphatic carbocycles. The molecule has 0 amide bonds. The van der Waals surface area contributed by atoms with Gasteiger partial charge in [-0.1, -0.05) is 20.8 Å².